The number of hydrogen-bond acceptors (Lipinski definition) is 5. The molecular formula is C21H18ClNO4S2. The van der Waals surface area contributed by atoms with Crippen LogP contribution in [0.2, 0.25) is 5.02 Å². The van der Waals surface area contributed by atoms with E-state index in [1.54, 1.807) is 25.1 Å². The Labute approximate surface area is 183 Å². The maximum atomic E-state index is 12.8. The van der Waals surface area contributed by atoms with E-state index in [0.717, 1.165) is 17.3 Å². The Balaban J connectivity index is 1.84. The van der Waals surface area contributed by atoms with Crippen LogP contribution >= 0.6 is 35.6 Å². The molecule has 0 unspecified atom stereocenters. The van der Waals surface area contributed by atoms with E-state index in [2.05, 4.69) is 0 Å². The minimum Gasteiger partial charge on any atom is -0.488 e. The molecule has 2 aromatic rings. The summed E-state index contributed by atoms with van der Waals surface area (Å²) in [6.45, 7) is 1.99. The van der Waals surface area contributed by atoms with Gasteiger partial charge in [-0.2, -0.15) is 0 Å². The highest BCUT2D eigenvalue weighted by Gasteiger charge is 2.39. The van der Waals surface area contributed by atoms with Gasteiger partial charge < -0.3 is 9.84 Å². The maximum absolute atomic E-state index is 12.8. The van der Waals surface area contributed by atoms with Gasteiger partial charge in [-0.15, -0.1) is 0 Å². The van der Waals surface area contributed by atoms with Gasteiger partial charge in [-0.05, 0) is 24.6 Å². The molecule has 1 aliphatic rings. The molecule has 3 rings (SSSR count). The minimum absolute atomic E-state index is 0.241. The highest BCUT2D eigenvalue weighted by atomic mass is 35.5. The molecule has 1 fully saturated rings. The maximum Gasteiger partial charge on any atom is 0.326 e. The first-order valence-electron chi connectivity index (χ1n) is 8.87. The summed E-state index contributed by atoms with van der Waals surface area (Å²) in [6, 6.07) is 13.7. The SMILES string of the molecule is CC[C@H](C(=O)O)N1C(=O)/C(=C/c2ccccc2OCc2ccccc2Cl)SC1=S. The topological polar surface area (TPSA) is 66.8 Å². The first kappa shape index (κ1) is 21.4. The molecule has 5 nitrogen and oxygen atoms in total. The zero-order valence-electron chi connectivity index (χ0n) is 15.5. The number of ether oxygens (including phenoxy) is 1. The number of aliphatic carboxylic acids is 1. The van der Waals surface area contributed by atoms with Crippen LogP contribution in [-0.4, -0.2) is 32.2 Å². The molecule has 1 saturated heterocycles. The third kappa shape index (κ3) is 4.80. The van der Waals surface area contributed by atoms with Crippen LogP contribution in [0.25, 0.3) is 6.08 Å². The second kappa shape index (κ2) is 9.43. The van der Waals surface area contributed by atoms with E-state index in [1.165, 1.54) is 4.90 Å². The van der Waals surface area contributed by atoms with Crippen molar-refractivity contribution in [3.05, 3.63) is 69.6 Å². The van der Waals surface area contributed by atoms with E-state index in [1.807, 2.05) is 36.4 Å². The normalized spacial score (nSPS) is 16.3. The summed E-state index contributed by atoms with van der Waals surface area (Å²) in [6.07, 6.45) is 1.95. The quantitative estimate of drug-likeness (QED) is 0.476. The highest BCUT2D eigenvalue weighted by molar-refractivity contribution is 8.26. The number of carbonyl (C=O) groups is 2. The zero-order chi connectivity index (χ0) is 21.0. The molecule has 0 aliphatic carbocycles. The van der Waals surface area contributed by atoms with Crippen LogP contribution in [-0.2, 0) is 16.2 Å². The van der Waals surface area contributed by atoms with Crippen molar-refractivity contribution in [3.63, 3.8) is 0 Å². The van der Waals surface area contributed by atoms with Gasteiger partial charge in [0.2, 0.25) is 0 Å². The molecule has 1 amide bonds. The van der Waals surface area contributed by atoms with Crippen LogP contribution in [0.15, 0.2) is 53.4 Å². The molecule has 0 saturated carbocycles. The predicted octanol–water partition coefficient (Wildman–Crippen LogP) is 4.98. The third-order valence-electron chi connectivity index (χ3n) is 4.35. The fraction of sp³-hybridized carbons (Fsp3) is 0.190. The van der Waals surface area contributed by atoms with E-state index in [4.69, 9.17) is 28.6 Å². The first-order valence-corrected chi connectivity index (χ1v) is 10.5. The van der Waals surface area contributed by atoms with Gasteiger partial charge in [-0.3, -0.25) is 9.69 Å². The molecule has 29 heavy (non-hydrogen) atoms. The van der Waals surface area contributed by atoms with Crippen molar-refractivity contribution in [3.8, 4) is 5.75 Å². The molecule has 1 aliphatic heterocycles. The van der Waals surface area contributed by atoms with Crippen molar-refractivity contribution in [1.29, 1.82) is 0 Å². The number of carboxylic acid groups (broad SMARTS) is 1. The summed E-state index contributed by atoms with van der Waals surface area (Å²) in [7, 11) is 0. The summed E-state index contributed by atoms with van der Waals surface area (Å²) in [5, 5.41) is 9.99. The second-order valence-corrected chi connectivity index (χ2v) is 8.31. The minimum atomic E-state index is -1.08. The highest BCUT2D eigenvalue weighted by Crippen LogP contribution is 2.36. The van der Waals surface area contributed by atoms with Crippen LogP contribution in [0.4, 0.5) is 0 Å². The number of thiocarbonyl (C=S) groups is 1. The van der Waals surface area contributed by atoms with Crippen LogP contribution < -0.4 is 4.74 Å². The molecule has 0 spiro atoms. The van der Waals surface area contributed by atoms with Crippen molar-refractivity contribution in [2.24, 2.45) is 0 Å². The number of benzene rings is 2. The standard InChI is InChI=1S/C21H18ClNO4S2/c1-2-16(20(25)26)23-19(24)18(29-21(23)28)11-13-7-4-6-10-17(13)27-12-14-8-3-5-9-15(14)22/h3-11,16H,2,12H2,1H3,(H,25,26)/b18-11-/t16-/m1/s1. The van der Waals surface area contributed by atoms with Crippen LogP contribution in [0.5, 0.6) is 5.75 Å². The first-order chi connectivity index (χ1) is 13.9. The third-order valence-corrected chi connectivity index (χ3v) is 6.05. The van der Waals surface area contributed by atoms with Crippen molar-refractivity contribution >= 4 is 57.9 Å². The number of hydrogen-bond donors (Lipinski definition) is 1. The summed E-state index contributed by atoms with van der Waals surface area (Å²) in [4.78, 5) is 25.8. The molecule has 1 N–H and O–H groups in total. The van der Waals surface area contributed by atoms with Crippen molar-refractivity contribution in [2.75, 3.05) is 0 Å². The number of thioether (sulfide) groups is 1. The van der Waals surface area contributed by atoms with Gasteiger partial charge in [0, 0.05) is 16.1 Å². The molecule has 0 bridgehead atoms. The molecular weight excluding hydrogens is 430 g/mol. The molecule has 0 radical (unpaired) electrons. The van der Waals surface area contributed by atoms with Crippen molar-refractivity contribution in [1.82, 2.24) is 4.90 Å². The lowest BCUT2D eigenvalue weighted by Crippen LogP contribution is -2.43. The number of amides is 1. The summed E-state index contributed by atoms with van der Waals surface area (Å²) in [5.74, 6) is -0.897. The van der Waals surface area contributed by atoms with Crippen LogP contribution in [0.3, 0.4) is 0 Å². The molecule has 1 heterocycles. The van der Waals surface area contributed by atoms with Gasteiger partial charge >= 0.3 is 5.97 Å². The number of nitrogens with zero attached hydrogens (tertiary/aromatic N) is 1. The Bertz CT molecular complexity index is 992. The number of halogens is 1. The smallest absolute Gasteiger partial charge is 0.326 e. The average Bonchev–Trinajstić information content (AvgIpc) is 2.96. The van der Waals surface area contributed by atoms with Gasteiger partial charge in [0.15, 0.2) is 0 Å². The fourth-order valence-corrected chi connectivity index (χ4v) is 4.40. The Hall–Kier alpha value is -2.35. The van der Waals surface area contributed by atoms with Gasteiger partial charge in [0.1, 0.15) is 22.7 Å². The lowest BCUT2D eigenvalue weighted by molar-refractivity contribution is -0.145. The average molecular weight is 448 g/mol. The summed E-state index contributed by atoms with van der Waals surface area (Å²) < 4.78 is 6.16. The largest absolute Gasteiger partial charge is 0.488 e. The van der Waals surface area contributed by atoms with Crippen LogP contribution in [0, 0.1) is 0 Å². The van der Waals surface area contributed by atoms with E-state index >= 15 is 0 Å². The van der Waals surface area contributed by atoms with Gasteiger partial charge in [-0.25, -0.2) is 4.79 Å². The molecule has 0 aromatic heterocycles. The Morgan fingerprint density at radius 3 is 2.66 bits per heavy atom. The summed E-state index contributed by atoms with van der Waals surface area (Å²) >= 11 is 12.5. The molecule has 2 aromatic carbocycles. The number of para-hydroxylation sites is 1. The lowest BCUT2D eigenvalue weighted by Gasteiger charge is -2.21. The molecule has 1 atom stereocenters. The van der Waals surface area contributed by atoms with Gasteiger partial charge in [0.25, 0.3) is 5.91 Å². The number of carboxylic acids is 1. The van der Waals surface area contributed by atoms with Crippen molar-refractivity contribution in [2.45, 2.75) is 26.0 Å². The van der Waals surface area contributed by atoms with E-state index in [0.29, 0.717) is 21.2 Å². The number of rotatable bonds is 7. The Morgan fingerprint density at radius 2 is 1.97 bits per heavy atom. The van der Waals surface area contributed by atoms with E-state index in [-0.39, 0.29) is 17.3 Å². The zero-order valence-corrected chi connectivity index (χ0v) is 17.9. The fourth-order valence-electron chi connectivity index (χ4n) is 2.86. The van der Waals surface area contributed by atoms with E-state index in [9.17, 15) is 14.7 Å². The molecule has 150 valence electrons. The molecule has 8 heteroatoms. The lowest BCUT2D eigenvalue weighted by atomic mass is 10.1. The number of carbonyl (C=O) groups excluding carboxylic acids is 1. The van der Waals surface area contributed by atoms with Crippen molar-refractivity contribution < 1.29 is 19.4 Å². The van der Waals surface area contributed by atoms with Crippen LogP contribution in [0.1, 0.15) is 24.5 Å². The summed E-state index contributed by atoms with van der Waals surface area (Å²) in [5.41, 5.74) is 1.55. The Kier molecular flexibility index (Phi) is 6.95. The Morgan fingerprint density at radius 1 is 1.28 bits per heavy atom. The van der Waals surface area contributed by atoms with Gasteiger partial charge in [-0.1, -0.05) is 78.9 Å². The van der Waals surface area contributed by atoms with Gasteiger partial charge in [0.05, 0.1) is 4.91 Å². The second-order valence-electron chi connectivity index (χ2n) is 6.23. The van der Waals surface area contributed by atoms with E-state index < -0.39 is 17.9 Å². The monoisotopic (exact) mass is 447 g/mol. The predicted molar refractivity (Wildman–Crippen MR) is 119 cm³/mol.